The zero-order valence-electron chi connectivity index (χ0n) is 16.2. The second kappa shape index (κ2) is 7.38. The van der Waals surface area contributed by atoms with Crippen LogP contribution in [0, 0.1) is 0 Å². The number of carbonyl (C=O) groups excluding carboxylic acids is 1. The number of methoxy groups -OCH3 is 1. The van der Waals surface area contributed by atoms with Crippen molar-refractivity contribution < 1.29 is 14.3 Å². The van der Waals surface area contributed by atoms with Crippen LogP contribution >= 0.6 is 0 Å². The van der Waals surface area contributed by atoms with E-state index in [4.69, 9.17) is 9.47 Å². The maximum Gasteiger partial charge on any atom is 0.270 e. The Labute approximate surface area is 163 Å². The molecule has 2 aromatic heterocycles. The predicted octanol–water partition coefficient (Wildman–Crippen LogP) is 2.33. The summed E-state index contributed by atoms with van der Waals surface area (Å²) in [6, 6.07) is 7.58. The number of hydrogen-bond acceptors (Lipinski definition) is 6. The smallest absolute Gasteiger partial charge is 0.270 e. The zero-order chi connectivity index (χ0) is 19.7. The minimum atomic E-state index is -0.0971. The molecule has 0 radical (unpaired) electrons. The molecule has 1 N–H and O–H groups in total. The molecule has 4 rings (SSSR count). The summed E-state index contributed by atoms with van der Waals surface area (Å²) in [5, 5.41) is 0.979. The Hall–Kier alpha value is -3.29. The number of nitrogens with one attached hydrogen (secondary N) is 1. The summed E-state index contributed by atoms with van der Waals surface area (Å²) < 4.78 is 11.2. The Morgan fingerprint density at radius 1 is 1.29 bits per heavy atom. The van der Waals surface area contributed by atoms with Gasteiger partial charge < -0.3 is 24.3 Å². The van der Waals surface area contributed by atoms with Crippen LogP contribution in [-0.4, -0.2) is 66.2 Å². The normalized spacial score (nSPS) is 16.4. The van der Waals surface area contributed by atoms with E-state index in [1.807, 2.05) is 43.3 Å². The standard InChI is InChI=1S/C20H23N5O3/c1-24(2)18-10-21-11-19(23-18)28-15-6-7-25(12-15)20(26)17-8-13-4-5-14(27-3)9-16(13)22-17/h4-5,8-11,15,22H,6-7,12H2,1-3H3/t15-/m1/s1. The topological polar surface area (TPSA) is 83.6 Å². The zero-order valence-corrected chi connectivity index (χ0v) is 16.2. The Morgan fingerprint density at radius 2 is 2.14 bits per heavy atom. The number of likely N-dealkylation sites (tertiary alicyclic amines) is 1. The van der Waals surface area contributed by atoms with Gasteiger partial charge in [-0.25, -0.2) is 0 Å². The maximum absolute atomic E-state index is 12.9. The van der Waals surface area contributed by atoms with E-state index in [-0.39, 0.29) is 12.0 Å². The average molecular weight is 381 g/mol. The molecule has 1 aromatic carbocycles. The lowest BCUT2D eigenvalue weighted by Crippen LogP contribution is -2.31. The van der Waals surface area contributed by atoms with Crippen LogP contribution in [0.4, 0.5) is 5.82 Å². The quantitative estimate of drug-likeness (QED) is 0.730. The molecule has 3 heterocycles. The van der Waals surface area contributed by atoms with Crippen molar-refractivity contribution in [1.82, 2.24) is 19.9 Å². The molecule has 1 atom stereocenters. The van der Waals surface area contributed by atoms with Gasteiger partial charge in [0.25, 0.3) is 5.91 Å². The van der Waals surface area contributed by atoms with Gasteiger partial charge in [-0.1, -0.05) is 0 Å². The Balaban J connectivity index is 1.43. The van der Waals surface area contributed by atoms with Crippen molar-refractivity contribution in [2.24, 2.45) is 0 Å². The highest BCUT2D eigenvalue weighted by atomic mass is 16.5. The molecule has 3 aromatic rings. The first-order valence-electron chi connectivity index (χ1n) is 9.15. The molecule has 0 spiro atoms. The highest BCUT2D eigenvalue weighted by Gasteiger charge is 2.29. The van der Waals surface area contributed by atoms with Crippen molar-refractivity contribution in [3.63, 3.8) is 0 Å². The number of hydrogen-bond donors (Lipinski definition) is 1. The lowest BCUT2D eigenvalue weighted by atomic mass is 10.2. The molecular formula is C20H23N5O3. The van der Waals surface area contributed by atoms with Gasteiger partial charge in [0.15, 0.2) is 5.82 Å². The van der Waals surface area contributed by atoms with E-state index in [0.717, 1.165) is 28.9 Å². The fourth-order valence-electron chi connectivity index (χ4n) is 3.31. The molecule has 0 unspecified atom stereocenters. The second-order valence-electron chi connectivity index (χ2n) is 7.03. The molecule has 1 amide bonds. The number of benzene rings is 1. The number of fused-ring (bicyclic) bond motifs is 1. The number of aromatic amines is 1. The van der Waals surface area contributed by atoms with E-state index < -0.39 is 0 Å². The molecule has 0 bridgehead atoms. The van der Waals surface area contributed by atoms with Gasteiger partial charge in [0.05, 0.1) is 26.0 Å². The number of rotatable bonds is 5. The molecule has 8 nitrogen and oxygen atoms in total. The maximum atomic E-state index is 12.9. The summed E-state index contributed by atoms with van der Waals surface area (Å²) in [7, 11) is 5.43. The Bertz CT molecular complexity index is 1000. The minimum absolute atomic E-state index is 0.0330. The first kappa shape index (κ1) is 18.1. The predicted molar refractivity (Wildman–Crippen MR) is 106 cm³/mol. The number of anilines is 1. The lowest BCUT2D eigenvalue weighted by molar-refractivity contribution is 0.0766. The van der Waals surface area contributed by atoms with Gasteiger partial charge in [-0.3, -0.25) is 9.78 Å². The van der Waals surface area contributed by atoms with Crippen LogP contribution in [0.1, 0.15) is 16.9 Å². The molecule has 0 aliphatic carbocycles. The van der Waals surface area contributed by atoms with Gasteiger partial charge in [0.2, 0.25) is 5.88 Å². The first-order valence-corrected chi connectivity index (χ1v) is 9.15. The number of ether oxygens (including phenoxy) is 2. The van der Waals surface area contributed by atoms with E-state index in [2.05, 4.69) is 15.0 Å². The number of carbonyl (C=O) groups is 1. The van der Waals surface area contributed by atoms with Gasteiger partial charge in [0.1, 0.15) is 17.5 Å². The third kappa shape index (κ3) is 3.58. The summed E-state index contributed by atoms with van der Waals surface area (Å²) in [6.45, 7) is 1.16. The fraction of sp³-hybridized carbons (Fsp3) is 0.350. The molecule has 8 heteroatoms. The molecule has 28 heavy (non-hydrogen) atoms. The minimum Gasteiger partial charge on any atom is -0.497 e. The largest absolute Gasteiger partial charge is 0.497 e. The van der Waals surface area contributed by atoms with Crippen molar-refractivity contribution >= 4 is 22.6 Å². The Morgan fingerprint density at radius 3 is 2.93 bits per heavy atom. The van der Waals surface area contributed by atoms with Crippen molar-refractivity contribution in [3.05, 3.63) is 42.4 Å². The fourth-order valence-corrected chi connectivity index (χ4v) is 3.31. The van der Waals surface area contributed by atoms with Gasteiger partial charge >= 0.3 is 0 Å². The van der Waals surface area contributed by atoms with Crippen LogP contribution < -0.4 is 14.4 Å². The van der Waals surface area contributed by atoms with Crippen LogP contribution in [0.3, 0.4) is 0 Å². The first-order chi connectivity index (χ1) is 13.5. The summed E-state index contributed by atoms with van der Waals surface area (Å²) in [5.41, 5.74) is 1.45. The average Bonchev–Trinajstić information content (AvgIpc) is 3.33. The highest BCUT2D eigenvalue weighted by Crippen LogP contribution is 2.24. The second-order valence-corrected chi connectivity index (χ2v) is 7.03. The molecule has 1 aliphatic rings. The van der Waals surface area contributed by atoms with Gasteiger partial charge in [0, 0.05) is 44.0 Å². The van der Waals surface area contributed by atoms with Crippen LogP contribution in [0.5, 0.6) is 11.6 Å². The SMILES string of the molecule is COc1ccc2cc(C(=O)N3CC[C@@H](Oc4cncc(N(C)C)n4)C3)[nH]c2c1. The van der Waals surface area contributed by atoms with Crippen LogP contribution in [0.2, 0.25) is 0 Å². The van der Waals surface area contributed by atoms with Gasteiger partial charge in [-0.15, -0.1) is 0 Å². The molecule has 0 saturated carbocycles. The van der Waals surface area contributed by atoms with Gasteiger partial charge in [-0.05, 0) is 18.2 Å². The van der Waals surface area contributed by atoms with Crippen molar-refractivity contribution in [1.29, 1.82) is 0 Å². The summed E-state index contributed by atoms with van der Waals surface area (Å²) in [6.07, 6.45) is 3.94. The van der Waals surface area contributed by atoms with E-state index in [9.17, 15) is 4.79 Å². The number of amides is 1. The molecule has 1 aliphatic heterocycles. The highest BCUT2D eigenvalue weighted by molar-refractivity contribution is 5.98. The number of nitrogens with zero attached hydrogens (tertiary/aromatic N) is 4. The van der Waals surface area contributed by atoms with E-state index in [0.29, 0.717) is 24.7 Å². The molecule has 1 fully saturated rings. The summed E-state index contributed by atoms with van der Waals surface area (Å²) in [5.74, 6) is 1.93. The van der Waals surface area contributed by atoms with Gasteiger partial charge in [-0.2, -0.15) is 4.98 Å². The Kier molecular flexibility index (Phi) is 4.77. The number of aromatic nitrogens is 3. The van der Waals surface area contributed by atoms with E-state index >= 15 is 0 Å². The van der Waals surface area contributed by atoms with E-state index in [1.165, 1.54) is 0 Å². The summed E-state index contributed by atoms with van der Waals surface area (Å²) in [4.78, 5) is 28.3. The monoisotopic (exact) mass is 381 g/mol. The summed E-state index contributed by atoms with van der Waals surface area (Å²) >= 11 is 0. The van der Waals surface area contributed by atoms with Crippen LogP contribution in [-0.2, 0) is 0 Å². The third-order valence-corrected chi connectivity index (χ3v) is 4.84. The van der Waals surface area contributed by atoms with Crippen molar-refractivity contribution in [2.45, 2.75) is 12.5 Å². The van der Waals surface area contributed by atoms with Crippen molar-refractivity contribution in [2.75, 3.05) is 39.2 Å². The third-order valence-electron chi connectivity index (χ3n) is 4.84. The molecular weight excluding hydrogens is 358 g/mol. The van der Waals surface area contributed by atoms with Crippen LogP contribution in [0.25, 0.3) is 10.9 Å². The lowest BCUT2D eigenvalue weighted by Gasteiger charge is -2.17. The van der Waals surface area contributed by atoms with Crippen molar-refractivity contribution in [3.8, 4) is 11.6 Å². The number of H-pyrrole nitrogens is 1. The molecule has 146 valence electrons. The van der Waals surface area contributed by atoms with E-state index in [1.54, 1.807) is 24.4 Å². The van der Waals surface area contributed by atoms with Crippen LogP contribution in [0.15, 0.2) is 36.7 Å². The molecule has 1 saturated heterocycles.